The summed E-state index contributed by atoms with van der Waals surface area (Å²) in [6.07, 6.45) is 0.896. The van der Waals surface area contributed by atoms with Gasteiger partial charge in [0.15, 0.2) is 11.6 Å². The zero-order valence-corrected chi connectivity index (χ0v) is 15.8. The van der Waals surface area contributed by atoms with E-state index in [1.54, 1.807) is 17.0 Å². The number of amides is 1. The predicted molar refractivity (Wildman–Crippen MR) is 105 cm³/mol. The monoisotopic (exact) mass is 391 g/mol. The van der Waals surface area contributed by atoms with Gasteiger partial charge in [0, 0.05) is 30.9 Å². The van der Waals surface area contributed by atoms with Crippen molar-refractivity contribution in [2.24, 2.45) is 0 Å². The average Bonchev–Trinajstić information content (AvgIpc) is 3.34. The van der Waals surface area contributed by atoms with Crippen LogP contribution in [-0.4, -0.2) is 51.0 Å². The number of rotatable bonds is 6. The first-order valence-electron chi connectivity index (χ1n) is 9.54. The second-order valence-corrected chi connectivity index (χ2v) is 7.06. The maximum absolute atomic E-state index is 13.0. The second kappa shape index (κ2) is 8.36. The molecule has 1 amide bonds. The molecule has 2 heterocycles. The standard InChI is InChI=1S/C22H21N3O4/c26-11-10-20-23-21(29-24-20)13-18-12-19(27)14-25(18)22(28)17-8-6-16(7-9-17)15-4-2-1-3-5-15/h1-9,18,26H,10-14H2. The van der Waals surface area contributed by atoms with Crippen LogP contribution in [0.5, 0.6) is 0 Å². The first kappa shape index (κ1) is 19.0. The lowest BCUT2D eigenvalue weighted by atomic mass is 10.0. The minimum atomic E-state index is -0.314. The maximum Gasteiger partial charge on any atom is 0.254 e. The van der Waals surface area contributed by atoms with Gasteiger partial charge in [-0.2, -0.15) is 4.98 Å². The lowest BCUT2D eigenvalue weighted by molar-refractivity contribution is -0.116. The number of ketones is 1. The van der Waals surface area contributed by atoms with Crippen molar-refractivity contribution in [1.29, 1.82) is 0 Å². The van der Waals surface area contributed by atoms with Gasteiger partial charge >= 0.3 is 0 Å². The van der Waals surface area contributed by atoms with Crippen molar-refractivity contribution in [2.45, 2.75) is 25.3 Å². The SMILES string of the molecule is O=C1CC(Cc2nc(CCO)no2)N(C(=O)c2ccc(-c3ccccc3)cc2)C1. The third-order valence-electron chi connectivity index (χ3n) is 5.01. The highest BCUT2D eigenvalue weighted by Gasteiger charge is 2.35. The van der Waals surface area contributed by atoms with Crippen molar-refractivity contribution in [3.8, 4) is 11.1 Å². The fourth-order valence-corrected chi connectivity index (χ4v) is 3.55. The highest BCUT2D eigenvalue weighted by Crippen LogP contribution is 2.24. The van der Waals surface area contributed by atoms with Gasteiger partial charge in [-0.15, -0.1) is 0 Å². The van der Waals surface area contributed by atoms with Gasteiger partial charge < -0.3 is 14.5 Å². The van der Waals surface area contributed by atoms with E-state index in [0.717, 1.165) is 11.1 Å². The number of aliphatic hydroxyl groups excluding tert-OH is 1. The van der Waals surface area contributed by atoms with E-state index in [2.05, 4.69) is 10.1 Å². The van der Waals surface area contributed by atoms with Crippen LogP contribution in [0.15, 0.2) is 59.1 Å². The molecule has 0 saturated carbocycles. The predicted octanol–water partition coefficient (Wildman–Crippen LogP) is 2.30. The van der Waals surface area contributed by atoms with Crippen LogP contribution in [0.25, 0.3) is 11.1 Å². The molecule has 1 atom stereocenters. The molecule has 0 bridgehead atoms. The summed E-state index contributed by atoms with van der Waals surface area (Å²) in [6.45, 7) is 0.0199. The molecule has 0 spiro atoms. The summed E-state index contributed by atoms with van der Waals surface area (Å²) >= 11 is 0. The van der Waals surface area contributed by atoms with Gasteiger partial charge in [0.25, 0.3) is 5.91 Å². The quantitative estimate of drug-likeness (QED) is 0.693. The van der Waals surface area contributed by atoms with E-state index in [-0.39, 0.29) is 37.3 Å². The summed E-state index contributed by atoms with van der Waals surface area (Å²) in [5.41, 5.74) is 2.64. The van der Waals surface area contributed by atoms with Gasteiger partial charge in [0.1, 0.15) is 0 Å². The third kappa shape index (κ3) is 4.25. The molecule has 2 aromatic carbocycles. The summed E-state index contributed by atoms with van der Waals surface area (Å²) in [6, 6.07) is 17.0. The number of Topliss-reactive ketones (excluding diaryl/α,β-unsaturated/α-hetero) is 1. The topological polar surface area (TPSA) is 96.5 Å². The molecular formula is C22H21N3O4. The fourth-order valence-electron chi connectivity index (χ4n) is 3.55. The minimum absolute atomic E-state index is 0.0133. The van der Waals surface area contributed by atoms with Crippen molar-refractivity contribution in [1.82, 2.24) is 15.0 Å². The first-order chi connectivity index (χ1) is 14.1. The molecule has 1 N–H and O–H groups in total. The summed E-state index contributed by atoms with van der Waals surface area (Å²) in [4.78, 5) is 30.9. The van der Waals surface area contributed by atoms with E-state index in [1.165, 1.54) is 0 Å². The number of carbonyl (C=O) groups is 2. The lowest BCUT2D eigenvalue weighted by Gasteiger charge is -2.22. The van der Waals surface area contributed by atoms with Crippen LogP contribution >= 0.6 is 0 Å². The summed E-state index contributed by atoms with van der Waals surface area (Å²) in [5.74, 6) is 0.612. The Kier molecular flexibility index (Phi) is 5.48. The highest BCUT2D eigenvalue weighted by molar-refractivity contribution is 5.99. The first-order valence-corrected chi connectivity index (χ1v) is 9.54. The largest absolute Gasteiger partial charge is 0.396 e. The van der Waals surface area contributed by atoms with Crippen molar-refractivity contribution in [2.75, 3.05) is 13.2 Å². The molecule has 1 fully saturated rings. The molecule has 7 heteroatoms. The highest BCUT2D eigenvalue weighted by atomic mass is 16.5. The number of likely N-dealkylation sites (tertiary alicyclic amines) is 1. The third-order valence-corrected chi connectivity index (χ3v) is 5.01. The van der Waals surface area contributed by atoms with E-state index < -0.39 is 0 Å². The van der Waals surface area contributed by atoms with Crippen LogP contribution in [0.1, 0.15) is 28.5 Å². The average molecular weight is 391 g/mol. The van der Waals surface area contributed by atoms with Gasteiger partial charge in [-0.05, 0) is 23.3 Å². The van der Waals surface area contributed by atoms with E-state index in [9.17, 15) is 9.59 Å². The molecule has 3 aromatic rings. The molecule has 148 valence electrons. The molecule has 1 aromatic heterocycles. The normalized spacial score (nSPS) is 16.4. The number of hydrogen-bond donors (Lipinski definition) is 1. The van der Waals surface area contributed by atoms with E-state index in [4.69, 9.17) is 9.63 Å². The van der Waals surface area contributed by atoms with E-state index >= 15 is 0 Å². The van der Waals surface area contributed by atoms with E-state index in [1.807, 2.05) is 42.5 Å². The summed E-state index contributed by atoms with van der Waals surface area (Å²) < 4.78 is 5.19. The number of hydrogen-bond acceptors (Lipinski definition) is 6. The Labute approximate surface area is 168 Å². The van der Waals surface area contributed by atoms with Gasteiger partial charge in [0.2, 0.25) is 5.89 Å². The van der Waals surface area contributed by atoms with Crippen molar-refractivity contribution >= 4 is 11.7 Å². The number of nitrogens with zero attached hydrogens (tertiary/aromatic N) is 3. The number of benzene rings is 2. The van der Waals surface area contributed by atoms with Crippen molar-refractivity contribution < 1.29 is 19.2 Å². The Morgan fingerprint density at radius 3 is 2.55 bits per heavy atom. The summed E-state index contributed by atoms with van der Waals surface area (Å²) in [7, 11) is 0. The van der Waals surface area contributed by atoms with Gasteiger partial charge in [-0.25, -0.2) is 0 Å². The second-order valence-electron chi connectivity index (χ2n) is 7.06. The fraction of sp³-hybridized carbons (Fsp3) is 0.273. The number of aliphatic hydroxyl groups is 1. The minimum Gasteiger partial charge on any atom is -0.396 e. The molecule has 29 heavy (non-hydrogen) atoms. The molecule has 1 saturated heterocycles. The van der Waals surface area contributed by atoms with E-state index in [0.29, 0.717) is 30.1 Å². The molecule has 7 nitrogen and oxygen atoms in total. The molecular weight excluding hydrogens is 370 g/mol. The molecule has 1 aliphatic rings. The van der Waals surface area contributed by atoms with Crippen molar-refractivity contribution in [3.05, 3.63) is 71.9 Å². The smallest absolute Gasteiger partial charge is 0.254 e. The maximum atomic E-state index is 13.0. The Morgan fingerprint density at radius 2 is 1.83 bits per heavy atom. The Bertz CT molecular complexity index is 998. The molecule has 4 rings (SSSR count). The van der Waals surface area contributed by atoms with Crippen molar-refractivity contribution in [3.63, 3.8) is 0 Å². The molecule has 1 unspecified atom stereocenters. The Hall–Kier alpha value is -3.32. The number of aromatic nitrogens is 2. The lowest BCUT2D eigenvalue weighted by Crippen LogP contribution is -2.37. The van der Waals surface area contributed by atoms with Gasteiger partial charge in [-0.3, -0.25) is 9.59 Å². The molecule has 0 radical (unpaired) electrons. The number of carbonyl (C=O) groups excluding carboxylic acids is 2. The molecule has 0 aliphatic carbocycles. The van der Waals surface area contributed by atoms with Crippen LogP contribution in [0.3, 0.4) is 0 Å². The van der Waals surface area contributed by atoms with Crippen LogP contribution in [0.4, 0.5) is 0 Å². The molecule has 1 aliphatic heterocycles. The van der Waals surface area contributed by atoms with Crippen LogP contribution in [0.2, 0.25) is 0 Å². The van der Waals surface area contributed by atoms with Gasteiger partial charge in [-0.1, -0.05) is 47.6 Å². The van der Waals surface area contributed by atoms with Crippen LogP contribution in [0, 0.1) is 0 Å². The van der Waals surface area contributed by atoms with Crippen LogP contribution in [-0.2, 0) is 17.6 Å². The van der Waals surface area contributed by atoms with Gasteiger partial charge in [0.05, 0.1) is 13.2 Å². The Morgan fingerprint density at radius 1 is 1.10 bits per heavy atom. The zero-order chi connectivity index (χ0) is 20.2. The Balaban J connectivity index is 1.49. The zero-order valence-electron chi connectivity index (χ0n) is 15.8. The van der Waals surface area contributed by atoms with Crippen LogP contribution < -0.4 is 0 Å². The summed E-state index contributed by atoms with van der Waals surface area (Å²) in [5, 5.41) is 12.8.